The molecular formula is C83H162O17P2. The summed E-state index contributed by atoms with van der Waals surface area (Å²) < 4.78 is 68.8. The van der Waals surface area contributed by atoms with Crippen molar-refractivity contribution in [1.82, 2.24) is 0 Å². The number of hydrogen-bond donors (Lipinski definition) is 3. The molecule has 5 atom stereocenters. The minimum Gasteiger partial charge on any atom is -0.462 e. The van der Waals surface area contributed by atoms with E-state index in [-0.39, 0.29) is 25.7 Å². The van der Waals surface area contributed by atoms with Crippen LogP contribution in [0.25, 0.3) is 0 Å². The van der Waals surface area contributed by atoms with Crippen molar-refractivity contribution in [3.63, 3.8) is 0 Å². The van der Waals surface area contributed by atoms with Gasteiger partial charge in [0, 0.05) is 25.7 Å². The fourth-order valence-electron chi connectivity index (χ4n) is 12.9. The lowest BCUT2D eigenvalue weighted by molar-refractivity contribution is -0.161. The first-order valence-electron chi connectivity index (χ1n) is 43.0. The molecule has 0 rings (SSSR count). The lowest BCUT2D eigenvalue weighted by Gasteiger charge is -2.21. The van der Waals surface area contributed by atoms with E-state index in [1.54, 1.807) is 0 Å². The molecular weight excluding hydrogens is 1330 g/mol. The van der Waals surface area contributed by atoms with Gasteiger partial charge in [0.2, 0.25) is 0 Å². The molecule has 0 aromatic carbocycles. The van der Waals surface area contributed by atoms with E-state index < -0.39 is 97.5 Å². The maximum absolute atomic E-state index is 13.1. The number of unbranched alkanes of at least 4 members (excludes halogenated alkanes) is 52. The maximum Gasteiger partial charge on any atom is 0.472 e. The SMILES string of the molecule is CCCCCCCCCCCCCCCCCCCCCC(=O)O[C@H](COC(=O)CCCCCCCCCCCCCCCCC(C)C)COP(=O)(O)OC[C@@H](O)COP(=O)(O)OC[C@@H](COC(=O)CCCCCCCCCCCC(C)C)OC(=O)CCCCCCCCCCCCCCCC. The Balaban J connectivity index is 5.26. The summed E-state index contributed by atoms with van der Waals surface area (Å²) in [5.74, 6) is -0.561. The van der Waals surface area contributed by atoms with Gasteiger partial charge in [0.1, 0.15) is 19.3 Å². The number of aliphatic hydroxyl groups excluding tert-OH is 1. The van der Waals surface area contributed by atoms with Crippen LogP contribution in [0.5, 0.6) is 0 Å². The van der Waals surface area contributed by atoms with Gasteiger partial charge in [-0.15, -0.1) is 0 Å². The molecule has 0 aliphatic rings. The van der Waals surface area contributed by atoms with Crippen LogP contribution in [-0.2, 0) is 65.4 Å². The summed E-state index contributed by atoms with van der Waals surface area (Å²) in [5, 5.41) is 10.7. The lowest BCUT2D eigenvalue weighted by Crippen LogP contribution is -2.30. The van der Waals surface area contributed by atoms with Gasteiger partial charge >= 0.3 is 39.5 Å². The number of hydrogen-bond acceptors (Lipinski definition) is 15. The van der Waals surface area contributed by atoms with Crippen molar-refractivity contribution < 1.29 is 80.2 Å². The first-order chi connectivity index (χ1) is 49.4. The summed E-state index contributed by atoms with van der Waals surface area (Å²) in [6, 6.07) is 0. The van der Waals surface area contributed by atoms with Crippen molar-refractivity contribution >= 4 is 39.5 Å². The summed E-state index contributed by atoms with van der Waals surface area (Å²) in [6.45, 7) is 9.66. The Morgan fingerprint density at radius 3 is 0.667 bits per heavy atom. The Kier molecular flexibility index (Phi) is 73.1. The summed E-state index contributed by atoms with van der Waals surface area (Å²) in [6.07, 6.45) is 65.2. The number of ether oxygens (including phenoxy) is 4. The number of carbonyl (C=O) groups is 4. The molecule has 0 amide bonds. The standard InChI is InChI=1S/C83H162O17P2/c1-7-9-11-13-15-17-19-21-23-24-25-26-27-33-37-43-50-56-62-68-83(88)99-78(71-93-80(85)65-59-53-47-41-35-32-29-28-30-34-39-45-51-57-63-75(3)4)73-97-101(89,90)95-69-77(84)70-96-102(91,92)98-74-79(72-94-81(86)66-60-54-48-44-38-40-46-52-58-64-76(5)6)100-82(87)67-61-55-49-42-36-31-22-20-18-16-14-12-10-8-2/h75-79,84H,7-74H2,1-6H3,(H,89,90)(H,91,92)/t77-,78-,79-/m1/s1. The van der Waals surface area contributed by atoms with Crippen molar-refractivity contribution in [2.75, 3.05) is 39.6 Å². The highest BCUT2D eigenvalue weighted by atomic mass is 31.2. The van der Waals surface area contributed by atoms with Crippen LogP contribution >= 0.6 is 15.6 Å². The number of phosphoric acid groups is 2. The maximum atomic E-state index is 13.1. The van der Waals surface area contributed by atoms with Crippen LogP contribution in [0, 0.1) is 11.8 Å². The average Bonchev–Trinajstić information content (AvgIpc) is 0.927. The zero-order valence-electron chi connectivity index (χ0n) is 66.9. The Labute approximate surface area is 626 Å². The molecule has 102 heavy (non-hydrogen) atoms. The molecule has 17 nitrogen and oxygen atoms in total. The molecule has 3 N–H and O–H groups in total. The number of aliphatic hydroxyl groups is 1. The van der Waals surface area contributed by atoms with Gasteiger partial charge in [-0.05, 0) is 37.5 Å². The number of esters is 4. The molecule has 0 heterocycles. The first kappa shape index (κ1) is 100. The Morgan fingerprint density at radius 2 is 0.451 bits per heavy atom. The van der Waals surface area contributed by atoms with Crippen LogP contribution in [0.1, 0.15) is 440 Å². The van der Waals surface area contributed by atoms with Crippen LogP contribution < -0.4 is 0 Å². The third-order valence-corrected chi connectivity index (χ3v) is 21.4. The van der Waals surface area contributed by atoms with E-state index in [1.165, 1.54) is 257 Å². The van der Waals surface area contributed by atoms with Gasteiger partial charge < -0.3 is 33.8 Å². The zero-order chi connectivity index (χ0) is 74.9. The molecule has 2 unspecified atom stereocenters. The van der Waals surface area contributed by atoms with Gasteiger partial charge in [-0.25, -0.2) is 9.13 Å². The lowest BCUT2D eigenvalue weighted by atomic mass is 10.0. The highest BCUT2D eigenvalue weighted by Gasteiger charge is 2.30. The molecule has 0 aromatic rings. The third kappa shape index (κ3) is 76.3. The normalized spacial score (nSPS) is 13.9. The predicted molar refractivity (Wildman–Crippen MR) is 418 cm³/mol. The predicted octanol–water partition coefficient (Wildman–Crippen LogP) is 25.1. The molecule has 0 aliphatic carbocycles. The van der Waals surface area contributed by atoms with Gasteiger partial charge in [-0.1, -0.05) is 388 Å². The summed E-state index contributed by atoms with van der Waals surface area (Å²) in [7, 11) is -9.92. The molecule has 0 bridgehead atoms. The van der Waals surface area contributed by atoms with Crippen LogP contribution in [0.3, 0.4) is 0 Å². The van der Waals surface area contributed by atoms with Crippen LogP contribution in [0.4, 0.5) is 0 Å². The fourth-order valence-corrected chi connectivity index (χ4v) is 14.5. The van der Waals surface area contributed by atoms with Gasteiger partial charge in [0.15, 0.2) is 12.2 Å². The van der Waals surface area contributed by atoms with Gasteiger partial charge in [0.05, 0.1) is 26.4 Å². The van der Waals surface area contributed by atoms with Crippen molar-refractivity contribution in [3.8, 4) is 0 Å². The molecule has 0 fully saturated rings. The molecule has 19 heteroatoms. The zero-order valence-corrected chi connectivity index (χ0v) is 68.7. The van der Waals surface area contributed by atoms with Crippen LogP contribution in [0.15, 0.2) is 0 Å². The molecule has 0 aromatic heterocycles. The minimum atomic E-state index is -4.96. The van der Waals surface area contributed by atoms with Gasteiger partial charge in [0.25, 0.3) is 0 Å². The average molecular weight is 1490 g/mol. The van der Waals surface area contributed by atoms with E-state index in [1.807, 2.05) is 0 Å². The van der Waals surface area contributed by atoms with E-state index in [0.717, 1.165) is 102 Å². The first-order valence-corrected chi connectivity index (χ1v) is 46.0. The summed E-state index contributed by atoms with van der Waals surface area (Å²) in [4.78, 5) is 73.1. The fraction of sp³-hybridized carbons (Fsp3) is 0.952. The van der Waals surface area contributed by atoms with Crippen LogP contribution in [-0.4, -0.2) is 96.7 Å². The van der Waals surface area contributed by atoms with E-state index >= 15 is 0 Å². The molecule has 0 saturated carbocycles. The minimum absolute atomic E-state index is 0.108. The second kappa shape index (κ2) is 74.5. The summed E-state index contributed by atoms with van der Waals surface area (Å²) >= 11 is 0. The third-order valence-electron chi connectivity index (χ3n) is 19.5. The summed E-state index contributed by atoms with van der Waals surface area (Å²) in [5.41, 5.74) is 0. The molecule has 0 aliphatic heterocycles. The monoisotopic (exact) mass is 1490 g/mol. The number of phosphoric ester groups is 2. The number of rotatable bonds is 82. The molecule has 0 spiro atoms. The smallest absolute Gasteiger partial charge is 0.462 e. The van der Waals surface area contributed by atoms with E-state index in [9.17, 15) is 43.2 Å². The second-order valence-electron chi connectivity index (χ2n) is 30.8. The van der Waals surface area contributed by atoms with E-state index in [2.05, 4.69) is 41.5 Å². The van der Waals surface area contributed by atoms with Crippen molar-refractivity contribution in [1.29, 1.82) is 0 Å². The molecule has 0 saturated heterocycles. The topological polar surface area (TPSA) is 237 Å². The van der Waals surface area contributed by atoms with E-state index in [0.29, 0.717) is 25.7 Å². The second-order valence-corrected chi connectivity index (χ2v) is 33.7. The quantitative estimate of drug-likeness (QED) is 0.0222. The van der Waals surface area contributed by atoms with Crippen molar-refractivity contribution in [3.05, 3.63) is 0 Å². The number of carbonyl (C=O) groups excluding carboxylic acids is 4. The van der Waals surface area contributed by atoms with Crippen molar-refractivity contribution in [2.24, 2.45) is 11.8 Å². The highest BCUT2D eigenvalue weighted by Crippen LogP contribution is 2.45. The highest BCUT2D eigenvalue weighted by molar-refractivity contribution is 7.47. The Bertz CT molecular complexity index is 1960. The van der Waals surface area contributed by atoms with E-state index in [4.69, 9.17) is 37.0 Å². The molecule has 606 valence electrons. The Morgan fingerprint density at radius 1 is 0.265 bits per heavy atom. The van der Waals surface area contributed by atoms with Crippen molar-refractivity contribution in [2.45, 2.75) is 458 Å². The van der Waals surface area contributed by atoms with Crippen LogP contribution in [0.2, 0.25) is 0 Å². The Hall–Kier alpha value is -1.94. The van der Waals surface area contributed by atoms with Gasteiger partial charge in [-0.2, -0.15) is 0 Å². The molecule has 0 radical (unpaired) electrons. The van der Waals surface area contributed by atoms with Gasteiger partial charge in [-0.3, -0.25) is 37.3 Å². The largest absolute Gasteiger partial charge is 0.472 e.